The predicted octanol–water partition coefficient (Wildman–Crippen LogP) is 21.8. The molecular formula is C120H182O22Si2. The molecule has 38 atom stereocenters. The van der Waals surface area contributed by atoms with Crippen LogP contribution in [0.1, 0.15) is 351 Å². The van der Waals surface area contributed by atoms with E-state index < -0.39 is 57.8 Å². The number of aliphatic hydroxyl groups is 3. The van der Waals surface area contributed by atoms with Crippen molar-refractivity contribution in [3.05, 3.63) is 46.6 Å². The molecule has 3 N–H and O–H groups in total. The standard InChI is InChI=1S/C29H48O6Si.C28H46O4Si.C22H32O4.C22H30O4.C19H26O4/c1-24(2,3)36(6,7)35-22-21-19(8-10-26(5)20(21)9-11-29(26)32-16-17-33-29)25(4)12-13-27(30-14-15-31-27)18-28(25)23(22)34-28;1-25(2,3)33(8,9)32-21-11-10-18-22-19(13-15-28(18,21)7)27(6)14-12-17(29)16-20(27)23-24(22)31-26(4,5)30-23;2*1-20(2)25-18-15-11-12(23)7-9-21(15,3)14-8-10-22(4)13(5-6-16(22)24)17(14)19(18)26-20;1-18-7-5-10(20)9-13(18)16(22)17(23)15-11-3-4-14(21)19(11,2)8-6-12(15)18/h19-23H,8-18H2,1-7H3;16,18-19,21-24H,10-15H2,1-9H3;11,13-14,16-19,24H,5-10H2,1-4H3;11,13-14,17-19H,5-10H2,1-4H3;9,11-12,15-17,22-23H,3-8H2,1-2H3/t19?,20?,21?,22-,23+,25-,26+,28+;18?,19?,21-,22?,23+,24+,27+,28-;13?,14?,16-,17?,18+,19+,21+,22-;13?,14?,17?,18-,19-,21-,22+;11?,12?,15?,16-,17-,18-,19+/m10011/s1. The number of aliphatic hydroxyl groups excluding tert-OH is 3. The molecule has 26 aliphatic rings. The van der Waals surface area contributed by atoms with Crippen LogP contribution in [0, 0.1) is 143 Å². The molecule has 0 amide bonds. The highest BCUT2D eigenvalue weighted by Gasteiger charge is 2.84. The first-order chi connectivity index (χ1) is 67.0. The Hall–Kier alpha value is -3.23. The van der Waals surface area contributed by atoms with Gasteiger partial charge in [0.25, 0.3) is 0 Å². The largest absolute Gasteiger partial charge is 0.413 e. The zero-order valence-electron chi connectivity index (χ0n) is 92.7. The molecule has 20 aliphatic carbocycles. The van der Waals surface area contributed by atoms with E-state index in [0.29, 0.717) is 140 Å². The van der Waals surface area contributed by atoms with E-state index in [1.165, 1.54) is 55.2 Å². The van der Waals surface area contributed by atoms with Crippen LogP contribution >= 0.6 is 0 Å². The smallest absolute Gasteiger partial charge is 0.192 e. The fraction of sp³-hybridized carbons (Fsp3) is 0.883. The minimum Gasteiger partial charge on any atom is -0.413 e. The van der Waals surface area contributed by atoms with E-state index >= 15 is 0 Å². The van der Waals surface area contributed by atoms with Crippen molar-refractivity contribution < 1.29 is 105 Å². The lowest BCUT2D eigenvalue weighted by molar-refractivity contribution is -0.260. The van der Waals surface area contributed by atoms with Crippen LogP contribution in [0.4, 0.5) is 0 Å². The molecule has 3 spiro atoms. The van der Waals surface area contributed by atoms with Crippen LogP contribution in [-0.2, 0) is 89.7 Å². The number of fused-ring (bicyclic) bond motifs is 34. The van der Waals surface area contributed by atoms with Gasteiger partial charge in [-0.2, -0.15) is 0 Å². The summed E-state index contributed by atoms with van der Waals surface area (Å²) in [5.74, 6) is 5.07. The van der Waals surface area contributed by atoms with Crippen molar-refractivity contribution in [1.29, 1.82) is 0 Å². The molecule has 6 aliphatic heterocycles. The van der Waals surface area contributed by atoms with Gasteiger partial charge in [-0.05, 0) is 387 Å². The predicted molar refractivity (Wildman–Crippen MR) is 549 cm³/mol. The summed E-state index contributed by atoms with van der Waals surface area (Å²) in [7, 11) is -3.86. The number of hydrogen-bond acceptors (Lipinski definition) is 22. The summed E-state index contributed by atoms with van der Waals surface area (Å²) >= 11 is 0. The van der Waals surface area contributed by atoms with Gasteiger partial charge in [-0.25, -0.2) is 0 Å². The second-order valence-electron chi connectivity index (χ2n) is 58.8. The minimum absolute atomic E-state index is 0.00348. The SMILES string of the molecule is CC(C)(C)[Si](C)(C)O[C@@H]1C2C3CCC4(OCCO4)[C@@]3(C)CCC2[C@@]2(C)CCC3(C[C@@]24O[C@@H]14)OCCO3.CC1(C)O[C@@H]2C3=CC(=O)CC[C@]3(C)C3CC[C@@]4(C)C(CC[C@@H]4O)C3[C@H]2O1.CC1(C)O[C@@H]2C3=CC(=O)CC[C@]3(C)C3CC[C@@]4(C)C(CC[C@@H]4O[Si](C)(C)C(C)(C)C)C3[C@H]2O1.CC1(C)O[C@@H]2C3=CC(=O)CC[C@]3(C)C3CC[C@]4(C)C(=O)CCC4C3[C@H]2O1.C[C@]12CCC(=O)C=C1[C@@H](O)[C@H](O)C1C2CC[C@]2(C)C(=O)CCC12. The number of Topliss-reactive ketones (excluding diaryl/α,β-unsaturated/α-hetero) is 2. The Kier molecular flexibility index (Phi) is 25.1. The second kappa shape index (κ2) is 34.4. The van der Waals surface area contributed by atoms with Gasteiger partial charge in [0.1, 0.15) is 47.7 Å². The number of rotatable bonds is 4. The molecular weight excluding hydrogens is 1850 g/mol. The van der Waals surface area contributed by atoms with Crippen LogP contribution in [0.5, 0.6) is 0 Å². The van der Waals surface area contributed by atoms with Gasteiger partial charge in [0, 0.05) is 79.4 Å². The minimum atomic E-state index is -2.02. The van der Waals surface area contributed by atoms with Crippen molar-refractivity contribution in [3.8, 4) is 0 Å². The number of ketones is 6. The molecule has 144 heavy (non-hydrogen) atoms. The fourth-order valence-corrected chi connectivity index (χ4v) is 41.8. The Balaban J connectivity index is 0.000000104. The van der Waals surface area contributed by atoms with Gasteiger partial charge in [0.15, 0.2) is 68.7 Å². The average Bonchev–Trinajstić information content (AvgIpc) is 1.52. The van der Waals surface area contributed by atoms with Crippen molar-refractivity contribution in [2.45, 2.75) is 495 Å². The molecule has 0 aromatic carbocycles. The number of ether oxygens (including phenoxy) is 11. The molecule has 16 saturated carbocycles. The van der Waals surface area contributed by atoms with Gasteiger partial charge in [-0.15, -0.1) is 0 Å². The summed E-state index contributed by atoms with van der Waals surface area (Å²) in [5.41, 5.74) is 3.82. The molecule has 0 aromatic heterocycles. The van der Waals surface area contributed by atoms with E-state index in [0.717, 1.165) is 141 Å². The maximum Gasteiger partial charge on any atom is 0.192 e. The van der Waals surface area contributed by atoms with Gasteiger partial charge in [-0.1, -0.05) is 111 Å². The van der Waals surface area contributed by atoms with Crippen molar-refractivity contribution in [1.82, 2.24) is 0 Å². The topological polar surface area (TPSA) is 286 Å². The summed E-state index contributed by atoms with van der Waals surface area (Å²) in [6.45, 7) is 62.0. The van der Waals surface area contributed by atoms with E-state index in [2.05, 4.69) is 137 Å². The first-order valence-electron chi connectivity index (χ1n) is 57.8. The Bertz CT molecular complexity index is 5270. The van der Waals surface area contributed by atoms with Crippen molar-refractivity contribution in [3.63, 3.8) is 0 Å². The van der Waals surface area contributed by atoms with Gasteiger partial charge < -0.3 is 76.3 Å². The van der Waals surface area contributed by atoms with Crippen molar-refractivity contribution >= 4 is 51.3 Å². The molecule has 0 bridgehead atoms. The quantitative estimate of drug-likeness (QED) is 0.174. The van der Waals surface area contributed by atoms with Crippen molar-refractivity contribution in [2.75, 3.05) is 26.4 Å². The Morgan fingerprint density at radius 3 is 1.18 bits per heavy atom. The summed E-state index contributed by atoms with van der Waals surface area (Å²) in [5, 5.41) is 32.7. The maximum atomic E-state index is 12.7. The number of hydrogen-bond donors (Lipinski definition) is 3. The molecule has 22 nitrogen and oxygen atoms in total. The van der Waals surface area contributed by atoms with Crippen LogP contribution in [0.3, 0.4) is 0 Å². The summed E-state index contributed by atoms with van der Waals surface area (Å²) in [6, 6.07) is 0. The first-order valence-corrected chi connectivity index (χ1v) is 63.6. The maximum absolute atomic E-state index is 12.7. The van der Waals surface area contributed by atoms with Crippen LogP contribution in [0.25, 0.3) is 0 Å². The number of carbonyl (C=O) groups excluding carboxylic acids is 6. The lowest BCUT2D eigenvalue weighted by Crippen LogP contribution is -2.67. The Labute approximate surface area is 862 Å². The molecule has 24 heteroatoms. The lowest BCUT2D eigenvalue weighted by Gasteiger charge is -2.62. The third-order valence-corrected chi connectivity index (χ3v) is 58.0. The van der Waals surface area contributed by atoms with E-state index in [4.69, 9.17) is 61.0 Å². The zero-order valence-corrected chi connectivity index (χ0v) is 94.7. The lowest BCUT2D eigenvalue weighted by atomic mass is 9.44. The molecule has 22 fully saturated rings. The number of epoxide rings is 1. The van der Waals surface area contributed by atoms with Crippen LogP contribution in [-0.4, -0.2) is 201 Å². The molecule has 6 saturated heterocycles. The van der Waals surface area contributed by atoms with Crippen LogP contribution < -0.4 is 0 Å². The Morgan fingerprint density at radius 2 is 0.708 bits per heavy atom. The van der Waals surface area contributed by atoms with Gasteiger partial charge in [-0.3, -0.25) is 28.8 Å². The van der Waals surface area contributed by atoms with Gasteiger partial charge >= 0.3 is 0 Å². The Morgan fingerprint density at radius 1 is 0.333 bits per heavy atom. The molecule has 6 heterocycles. The van der Waals surface area contributed by atoms with E-state index in [-0.39, 0.29) is 166 Å². The highest BCUT2D eigenvalue weighted by Crippen LogP contribution is 2.79. The van der Waals surface area contributed by atoms with Crippen LogP contribution in [0.15, 0.2) is 46.6 Å². The monoisotopic (exact) mass is 2030 g/mol. The average molecular weight is 2030 g/mol. The third kappa shape index (κ3) is 15.5. The summed E-state index contributed by atoms with van der Waals surface area (Å²) in [4.78, 5) is 73.9. The molecule has 0 aromatic rings. The molecule has 15 unspecified atom stereocenters. The highest BCUT2D eigenvalue weighted by atomic mass is 28.4. The van der Waals surface area contributed by atoms with E-state index in [1.807, 2.05) is 59.8 Å². The fourth-order valence-electron chi connectivity index (χ4n) is 39.0. The molecule has 802 valence electrons. The highest BCUT2D eigenvalue weighted by molar-refractivity contribution is 6.74. The van der Waals surface area contributed by atoms with Gasteiger partial charge in [0.2, 0.25) is 0 Å². The van der Waals surface area contributed by atoms with Gasteiger partial charge in [0.05, 0.1) is 69.2 Å². The zero-order chi connectivity index (χ0) is 103. The molecule has 0 radical (unpaired) electrons. The third-order valence-electron chi connectivity index (χ3n) is 49.0. The first kappa shape index (κ1) is 105. The van der Waals surface area contributed by atoms with Crippen LogP contribution in [0.2, 0.25) is 36.3 Å². The number of carbonyl (C=O) groups is 6. The molecule has 26 rings (SSSR count). The second-order valence-corrected chi connectivity index (χ2v) is 68.3. The normalized spacial score (nSPS) is 51.0. The summed E-state index contributed by atoms with van der Waals surface area (Å²) in [6.07, 6.45) is 35.0. The van der Waals surface area contributed by atoms with E-state index in [1.54, 1.807) is 6.08 Å². The van der Waals surface area contributed by atoms with E-state index in [9.17, 15) is 44.1 Å². The van der Waals surface area contributed by atoms with Crippen molar-refractivity contribution in [2.24, 2.45) is 143 Å². The summed E-state index contributed by atoms with van der Waals surface area (Å²) < 4.78 is 86.0.